The summed E-state index contributed by atoms with van der Waals surface area (Å²) in [5.74, 6) is -0.937. The Bertz CT molecular complexity index is 1090. The van der Waals surface area contributed by atoms with Gasteiger partial charge < -0.3 is 20.2 Å². The van der Waals surface area contributed by atoms with E-state index in [9.17, 15) is 19.5 Å². The molecule has 1 aromatic carbocycles. The van der Waals surface area contributed by atoms with E-state index in [1.165, 1.54) is 18.0 Å². The Kier molecular flexibility index (Phi) is 8.84. The molecule has 0 aliphatic carbocycles. The Morgan fingerprint density at radius 2 is 1.94 bits per heavy atom. The van der Waals surface area contributed by atoms with Crippen LogP contribution in [-0.2, 0) is 9.59 Å². The fraction of sp³-hybridized carbons (Fsp3) is 0.238. The second kappa shape index (κ2) is 12.0. The van der Waals surface area contributed by atoms with Crippen molar-refractivity contribution in [2.75, 3.05) is 23.1 Å². The third-order valence-corrected chi connectivity index (χ3v) is 5.75. The fourth-order valence-corrected chi connectivity index (χ4v) is 3.68. The number of carbonyl (C=O) groups is 3. The van der Waals surface area contributed by atoms with Gasteiger partial charge in [0.05, 0.1) is 11.3 Å². The number of benzene rings is 1. The second-order valence-corrected chi connectivity index (χ2v) is 8.59. The summed E-state index contributed by atoms with van der Waals surface area (Å²) in [6.07, 6.45) is 5.29. The van der Waals surface area contributed by atoms with E-state index in [1.54, 1.807) is 42.6 Å². The summed E-state index contributed by atoms with van der Waals surface area (Å²) in [6.45, 7) is 0. The molecule has 0 unspecified atom stereocenters. The SMILES string of the molecule is CSCC[C@H](NC(=O)CSc1nnc(-c2ccc(NC(=O)c3cccnc3)cc2)o1)C(=O)O. The van der Waals surface area contributed by atoms with Gasteiger partial charge in [-0.1, -0.05) is 11.8 Å². The number of carbonyl (C=O) groups excluding carboxylic acids is 2. The molecule has 2 amide bonds. The number of pyridine rings is 1. The van der Waals surface area contributed by atoms with Gasteiger partial charge in [-0.25, -0.2) is 4.79 Å². The highest BCUT2D eigenvalue weighted by atomic mass is 32.2. The second-order valence-electron chi connectivity index (χ2n) is 6.67. The molecule has 0 radical (unpaired) electrons. The molecule has 172 valence electrons. The monoisotopic (exact) mass is 487 g/mol. The lowest BCUT2D eigenvalue weighted by atomic mass is 10.2. The summed E-state index contributed by atoms with van der Waals surface area (Å²) in [6, 6.07) is 9.27. The van der Waals surface area contributed by atoms with Gasteiger partial charge in [-0.15, -0.1) is 10.2 Å². The maximum atomic E-state index is 12.2. The maximum Gasteiger partial charge on any atom is 0.326 e. The number of hydrogen-bond acceptors (Lipinski definition) is 9. The first-order valence-corrected chi connectivity index (χ1v) is 12.1. The highest BCUT2D eigenvalue weighted by Gasteiger charge is 2.20. The molecule has 2 heterocycles. The number of anilines is 1. The van der Waals surface area contributed by atoms with Gasteiger partial charge >= 0.3 is 5.97 Å². The van der Waals surface area contributed by atoms with E-state index in [0.717, 1.165) is 11.8 Å². The van der Waals surface area contributed by atoms with Crippen molar-refractivity contribution >= 4 is 47.0 Å². The summed E-state index contributed by atoms with van der Waals surface area (Å²) < 4.78 is 5.57. The number of hydrogen-bond donors (Lipinski definition) is 3. The quantitative estimate of drug-likeness (QED) is 0.345. The van der Waals surface area contributed by atoms with Crippen LogP contribution in [0.5, 0.6) is 0 Å². The van der Waals surface area contributed by atoms with Gasteiger partial charge in [0.1, 0.15) is 6.04 Å². The predicted octanol–water partition coefficient (Wildman–Crippen LogP) is 2.80. The number of carboxylic acid groups (broad SMARTS) is 1. The summed E-state index contributed by atoms with van der Waals surface area (Å²) in [4.78, 5) is 39.4. The first-order valence-electron chi connectivity index (χ1n) is 9.75. The molecule has 1 atom stereocenters. The van der Waals surface area contributed by atoms with E-state index in [4.69, 9.17) is 4.42 Å². The number of aliphatic carboxylic acids is 1. The number of rotatable bonds is 11. The molecule has 3 rings (SSSR count). The van der Waals surface area contributed by atoms with Crippen LogP contribution in [0.25, 0.3) is 11.5 Å². The molecule has 3 aromatic rings. The molecule has 0 aliphatic rings. The molecule has 0 saturated carbocycles. The van der Waals surface area contributed by atoms with E-state index in [2.05, 4.69) is 25.8 Å². The van der Waals surface area contributed by atoms with E-state index in [0.29, 0.717) is 29.0 Å². The molecule has 0 aliphatic heterocycles. The molecule has 10 nitrogen and oxygen atoms in total. The summed E-state index contributed by atoms with van der Waals surface area (Å²) >= 11 is 2.53. The topological polar surface area (TPSA) is 147 Å². The van der Waals surface area contributed by atoms with Gasteiger partial charge in [-0.2, -0.15) is 11.8 Å². The first kappa shape index (κ1) is 24.3. The molecule has 0 saturated heterocycles. The van der Waals surface area contributed by atoms with Crippen molar-refractivity contribution in [3.63, 3.8) is 0 Å². The molecule has 0 spiro atoms. The van der Waals surface area contributed by atoms with E-state index in [1.807, 2.05) is 6.26 Å². The molecule has 0 bridgehead atoms. The molecule has 0 fully saturated rings. The molecule has 3 N–H and O–H groups in total. The zero-order chi connectivity index (χ0) is 23.6. The van der Waals surface area contributed by atoms with Gasteiger partial charge in [-0.3, -0.25) is 14.6 Å². The Balaban J connectivity index is 1.53. The van der Waals surface area contributed by atoms with Crippen LogP contribution in [0.2, 0.25) is 0 Å². The van der Waals surface area contributed by atoms with Crippen LogP contribution >= 0.6 is 23.5 Å². The summed E-state index contributed by atoms with van der Waals surface area (Å²) in [5, 5.41) is 22.5. The van der Waals surface area contributed by atoms with E-state index < -0.39 is 17.9 Å². The van der Waals surface area contributed by atoms with E-state index >= 15 is 0 Å². The Morgan fingerprint density at radius 1 is 1.15 bits per heavy atom. The fourth-order valence-electron chi connectivity index (χ4n) is 2.64. The maximum absolute atomic E-state index is 12.2. The van der Waals surface area contributed by atoms with Crippen LogP contribution < -0.4 is 10.6 Å². The third-order valence-electron chi connectivity index (χ3n) is 4.29. The highest BCUT2D eigenvalue weighted by Crippen LogP contribution is 2.24. The largest absolute Gasteiger partial charge is 0.480 e. The van der Waals surface area contributed by atoms with Gasteiger partial charge in [0.2, 0.25) is 11.8 Å². The Hall–Kier alpha value is -3.38. The number of nitrogens with zero attached hydrogens (tertiary/aromatic N) is 3. The van der Waals surface area contributed by atoms with Gasteiger partial charge in [0.15, 0.2) is 0 Å². The van der Waals surface area contributed by atoms with Crippen LogP contribution in [0, 0.1) is 0 Å². The number of aromatic nitrogens is 3. The smallest absolute Gasteiger partial charge is 0.326 e. The van der Waals surface area contributed by atoms with Crippen molar-refractivity contribution in [2.45, 2.75) is 17.7 Å². The lowest BCUT2D eigenvalue weighted by molar-refractivity contribution is -0.141. The lowest BCUT2D eigenvalue weighted by Crippen LogP contribution is -2.42. The van der Waals surface area contributed by atoms with Crippen LogP contribution in [0.3, 0.4) is 0 Å². The first-order chi connectivity index (χ1) is 16.0. The average Bonchev–Trinajstić information content (AvgIpc) is 3.30. The van der Waals surface area contributed by atoms with Crippen molar-refractivity contribution in [2.24, 2.45) is 0 Å². The minimum Gasteiger partial charge on any atom is -0.480 e. The Labute approximate surface area is 198 Å². The average molecular weight is 488 g/mol. The van der Waals surface area contributed by atoms with Crippen molar-refractivity contribution in [1.29, 1.82) is 0 Å². The number of thioether (sulfide) groups is 2. The number of nitrogens with one attached hydrogen (secondary N) is 2. The Morgan fingerprint density at radius 3 is 2.61 bits per heavy atom. The summed E-state index contributed by atoms with van der Waals surface area (Å²) in [5.41, 5.74) is 1.68. The molecular formula is C21H21N5O5S2. The zero-order valence-electron chi connectivity index (χ0n) is 17.6. The molecule has 33 heavy (non-hydrogen) atoms. The van der Waals surface area contributed by atoms with Crippen LogP contribution in [0.15, 0.2) is 58.4 Å². The standard InChI is InChI=1S/C21H21N5O5S2/c1-32-10-8-16(20(29)30)24-17(27)12-33-21-26-25-19(31-21)13-4-6-15(7-5-13)23-18(28)14-3-2-9-22-11-14/h2-7,9,11,16H,8,10,12H2,1H3,(H,23,28)(H,24,27)(H,29,30)/t16-/m0/s1. The van der Waals surface area contributed by atoms with Crippen LogP contribution in [0.4, 0.5) is 5.69 Å². The molecule has 2 aromatic heterocycles. The van der Waals surface area contributed by atoms with Crippen molar-refractivity contribution in [3.8, 4) is 11.5 Å². The van der Waals surface area contributed by atoms with Gasteiger partial charge in [0.25, 0.3) is 11.1 Å². The van der Waals surface area contributed by atoms with Gasteiger partial charge in [0, 0.05) is 23.6 Å². The zero-order valence-corrected chi connectivity index (χ0v) is 19.2. The van der Waals surface area contributed by atoms with Crippen LogP contribution in [0.1, 0.15) is 16.8 Å². The van der Waals surface area contributed by atoms with Crippen LogP contribution in [-0.4, -0.2) is 61.9 Å². The lowest BCUT2D eigenvalue weighted by Gasteiger charge is -2.13. The van der Waals surface area contributed by atoms with Crippen molar-refractivity contribution in [1.82, 2.24) is 20.5 Å². The van der Waals surface area contributed by atoms with E-state index in [-0.39, 0.29) is 22.8 Å². The number of amides is 2. The molecular weight excluding hydrogens is 466 g/mol. The van der Waals surface area contributed by atoms with Gasteiger partial charge in [-0.05, 0) is 54.8 Å². The third kappa shape index (κ3) is 7.32. The minimum absolute atomic E-state index is 0.0516. The minimum atomic E-state index is -1.07. The summed E-state index contributed by atoms with van der Waals surface area (Å²) in [7, 11) is 0. The van der Waals surface area contributed by atoms with Crippen molar-refractivity contribution in [3.05, 3.63) is 54.4 Å². The normalized spacial score (nSPS) is 11.5. The van der Waals surface area contributed by atoms with Crippen molar-refractivity contribution < 1.29 is 23.9 Å². The number of carboxylic acids is 1. The highest BCUT2D eigenvalue weighted by molar-refractivity contribution is 7.99. The predicted molar refractivity (Wildman–Crippen MR) is 125 cm³/mol. The molecule has 12 heteroatoms.